The third-order valence-electron chi connectivity index (χ3n) is 3.10. The summed E-state index contributed by atoms with van der Waals surface area (Å²) in [5, 5.41) is 0. The van der Waals surface area contributed by atoms with Crippen molar-refractivity contribution in [2.75, 3.05) is 12.8 Å². The lowest BCUT2D eigenvalue weighted by atomic mass is 9.93. The van der Waals surface area contributed by atoms with E-state index in [1.165, 1.54) is 12.7 Å². The van der Waals surface area contributed by atoms with Crippen LogP contribution in [0.25, 0.3) is 11.2 Å². The van der Waals surface area contributed by atoms with E-state index in [1.54, 1.807) is 7.11 Å². The van der Waals surface area contributed by atoms with Crippen LogP contribution in [0.4, 0.5) is 5.95 Å². The van der Waals surface area contributed by atoms with Gasteiger partial charge in [0, 0.05) is 6.04 Å². The zero-order chi connectivity index (χ0) is 11.1. The Hall–Kier alpha value is -1.85. The molecule has 0 aromatic carbocycles. The summed E-state index contributed by atoms with van der Waals surface area (Å²) in [7, 11) is 1.57. The summed E-state index contributed by atoms with van der Waals surface area (Å²) >= 11 is 0. The van der Waals surface area contributed by atoms with Gasteiger partial charge in [0.1, 0.15) is 6.33 Å². The first-order valence-electron chi connectivity index (χ1n) is 5.33. The van der Waals surface area contributed by atoms with Gasteiger partial charge < -0.3 is 10.5 Å². The number of rotatable bonds is 2. The van der Waals surface area contributed by atoms with Gasteiger partial charge in [-0.25, -0.2) is 9.97 Å². The first-order valence-corrected chi connectivity index (χ1v) is 5.33. The van der Waals surface area contributed by atoms with Crippen LogP contribution >= 0.6 is 0 Å². The van der Waals surface area contributed by atoms with Gasteiger partial charge in [-0.05, 0) is 19.3 Å². The zero-order valence-electron chi connectivity index (χ0n) is 9.05. The molecule has 0 aliphatic heterocycles. The fourth-order valence-electron chi connectivity index (χ4n) is 2.06. The van der Waals surface area contributed by atoms with Gasteiger partial charge in [-0.3, -0.25) is 4.57 Å². The molecule has 1 aliphatic carbocycles. The van der Waals surface area contributed by atoms with Crippen molar-refractivity contribution in [1.82, 2.24) is 19.5 Å². The van der Waals surface area contributed by atoms with Crippen LogP contribution in [0, 0.1) is 0 Å². The Kier molecular flexibility index (Phi) is 1.95. The molecule has 3 rings (SSSR count). The molecule has 0 unspecified atom stereocenters. The van der Waals surface area contributed by atoms with Gasteiger partial charge in [0.25, 0.3) is 0 Å². The van der Waals surface area contributed by atoms with E-state index >= 15 is 0 Å². The molecule has 6 heteroatoms. The maximum absolute atomic E-state index is 5.92. The van der Waals surface area contributed by atoms with Crippen molar-refractivity contribution < 1.29 is 4.74 Å². The Morgan fingerprint density at radius 1 is 1.44 bits per heavy atom. The number of anilines is 1. The lowest BCUT2D eigenvalue weighted by Crippen LogP contribution is -2.19. The summed E-state index contributed by atoms with van der Waals surface area (Å²) in [6.45, 7) is 0. The minimum absolute atomic E-state index is 0.435. The summed E-state index contributed by atoms with van der Waals surface area (Å²) in [6.07, 6.45) is 5.01. The van der Waals surface area contributed by atoms with Gasteiger partial charge >= 0.3 is 0 Å². The highest BCUT2D eigenvalue weighted by Crippen LogP contribution is 2.36. The molecule has 84 valence electrons. The monoisotopic (exact) mass is 219 g/mol. The molecule has 1 fully saturated rings. The highest BCUT2D eigenvalue weighted by atomic mass is 16.5. The van der Waals surface area contributed by atoms with E-state index in [9.17, 15) is 0 Å². The van der Waals surface area contributed by atoms with E-state index in [-0.39, 0.29) is 0 Å². The molecular weight excluding hydrogens is 206 g/mol. The smallest absolute Gasteiger partial charge is 0.245 e. The second kappa shape index (κ2) is 3.33. The molecule has 0 amide bonds. The van der Waals surface area contributed by atoms with Crippen molar-refractivity contribution in [3.63, 3.8) is 0 Å². The largest absolute Gasteiger partial charge is 0.479 e. The van der Waals surface area contributed by atoms with Gasteiger partial charge in [0.15, 0.2) is 11.2 Å². The lowest BCUT2D eigenvalue weighted by Gasteiger charge is -2.27. The molecule has 2 N–H and O–H groups in total. The van der Waals surface area contributed by atoms with Crippen LogP contribution in [0.1, 0.15) is 25.3 Å². The predicted octanol–water partition coefficient (Wildman–Crippen LogP) is 1.14. The van der Waals surface area contributed by atoms with Gasteiger partial charge in [-0.1, -0.05) is 0 Å². The highest BCUT2D eigenvalue weighted by Gasteiger charge is 2.25. The molecule has 0 saturated heterocycles. The minimum atomic E-state index is 0.435. The van der Waals surface area contributed by atoms with Crippen molar-refractivity contribution >= 4 is 17.1 Å². The van der Waals surface area contributed by atoms with E-state index in [1.807, 2.05) is 4.57 Å². The van der Waals surface area contributed by atoms with Gasteiger partial charge in [0.05, 0.1) is 7.11 Å². The molecule has 0 spiro atoms. The Morgan fingerprint density at radius 2 is 2.25 bits per heavy atom. The lowest BCUT2D eigenvalue weighted by molar-refractivity contribution is 0.322. The summed E-state index contributed by atoms with van der Waals surface area (Å²) < 4.78 is 7.13. The summed E-state index contributed by atoms with van der Waals surface area (Å²) in [4.78, 5) is 12.5. The summed E-state index contributed by atoms with van der Waals surface area (Å²) in [5.74, 6) is 0.980. The number of hydrogen-bond donors (Lipinski definition) is 1. The van der Waals surface area contributed by atoms with Crippen LogP contribution < -0.4 is 10.5 Å². The number of ether oxygens (including phenoxy) is 1. The number of imidazole rings is 1. The fraction of sp³-hybridized carbons (Fsp3) is 0.500. The van der Waals surface area contributed by atoms with E-state index in [4.69, 9.17) is 10.5 Å². The van der Waals surface area contributed by atoms with Crippen molar-refractivity contribution in [2.45, 2.75) is 25.3 Å². The van der Waals surface area contributed by atoms with Gasteiger partial charge in [-0.15, -0.1) is 0 Å². The Bertz CT molecular complexity index is 531. The minimum Gasteiger partial charge on any atom is -0.479 e. The molecule has 1 aliphatic rings. The highest BCUT2D eigenvalue weighted by molar-refractivity contribution is 5.79. The Balaban J connectivity index is 2.24. The fourth-order valence-corrected chi connectivity index (χ4v) is 2.06. The second-order valence-electron chi connectivity index (χ2n) is 3.98. The van der Waals surface area contributed by atoms with Gasteiger partial charge in [0.2, 0.25) is 11.8 Å². The third-order valence-corrected chi connectivity index (χ3v) is 3.10. The molecular formula is C10H13N5O. The van der Waals surface area contributed by atoms with Crippen LogP contribution in [0.15, 0.2) is 6.33 Å². The normalized spacial score (nSPS) is 16.3. The van der Waals surface area contributed by atoms with E-state index in [2.05, 4.69) is 15.0 Å². The van der Waals surface area contributed by atoms with E-state index in [0.717, 1.165) is 18.5 Å². The van der Waals surface area contributed by atoms with Crippen LogP contribution in [-0.4, -0.2) is 26.6 Å². The van der Waals surface area contributed by atoms with Crippen LogP contribution in [0.3, 0.4) is 0 Å². The van der Waals surface area contributed by atoms with Gasteiger partial charge in [-0.2, -0.15) is 4.98 Å². The quantitative estimate of drug-likeness (QED) is 0.819. The standard InChI is InChI=1S/C10H13N5O/c1-16-9-7-8(12-5-13-9)15(10(11)14-7)6-3-2-4-6/h5-6H,2-4H2,1H3,(H2,11,14). The number of nitrogens with zero attached hydrogens (tertiary/aromatic N) is 4. The van der Waals surface area contributed by atoms with Crippen LogP contribution in [-0.2, 0) is 0 Å². The molecule has 0 radical (unpaired) electrons. The molecule has 16 heavy (non-hydrogen) atoms. The van der Waals surface area contributed by atoms with E-state index < -0.39 is 0 Å². The topological polar surface area (TPSA) is 78.8 Å². The maximum Gasteiger partial charge on any atom is 0.245 e. The number of nitrogens with two attached hydrogens (primary N) is 1. The molecule has 0 atom stereocenters. The first-order chi connectivity index (χ1) is 7.81. The summed E-state index contributed by atoms with van der Waals surface area (Å²) in [5.41, 5.74) is 7.34. The zero-order valence-corrected chi connectivity index (χ0v) is 9.05. The summed E-state index contributed by atoms with van der Waals surface area (Å²) in [6, 6.07) is 0.435. The third kappa shape index (κ3) is 1.16. The molecule has 2 heterocycles. The molecule has 0 bridgehead atoms. The maximum atomic E-state index is 5.92. The van der Waals surface area contributed by atoms with Crippen molar-refractivity contribution in [2.24, 2.45) is 0 Å². The van der Waals surface area contributed by atoms with E-state index in [0.29, 0.717) is 23.4 Å². The number of aromatic nitrogens is 4. The average Bonchev–Trinajstić information content (AvgIpc) is 2.54. The van der Waals surface area contributed by atoms with Crippen LogP contribution in [0.2, 0.25) is 0 Å². The Labute approximate surface area is 92.5 Å². The first kappa shape index (κ1) is 9.38. The second-order valence-corrected chi connectivity index (χ2v) is 3.98. The molecule has 1 saturated carbocycles. The number of methoxy groups -OCH3 is 1. The number of hydrogen-bond acceptors (Lipinski definition) is 5. The SMILES string of the molecule is COc1ncnc2c1nc(N)n2C1CCC1. The number of fused-ring (bicyclic) bond motifs is 1. The van der Waals surface area contributed by atoms with Crippen molar-refractivity contribution in [1.29, 1.82) is 0 Å². The van der Waals surface area contributed by atoms with Crippen LogP contribution in [0.5, 0.6) is 5.88 Å². The molecule has 6 nitrogen and oxygen atoms in total. The molecule has 2 aromatic rings. The molecule has 2 aromatic heterocycles. The van der Waals surface area contributed by atoms with Crippen molar-refractivity contribution in [3.8, 4) is 5.88 Å². The van der Waals surface area contributed by atoms with Crippen molar-refractivity contribution in [3.05, 3.63) is 6.33 Å². The average molecular weight is 219 g/mol. The number of nitrogen functional groups attached to an aromatic ring is 1. The predicted molar refractivity (Wildman–Crippen MR) is 59.2 cm³/mol. The Morgan fingerprint density at radius 3 is 2.88 bits per heavy atom.